The van der Waals surface area contributed by atoms with E-state index in [1.165, 1.54) is 34.2 Å². The van der Waals surface area contributed by atoms with Gasteiger partial charge in [-0.3, -0.25) is 0 Å². The molecule has 8 atom stereocenters. The maximum absolute atomic E-state index is 9.96. The Labute approximate surface area is 761 Å². The van der Waals surface area contributed by atoms with Crippen LogP contribution in [0.15, 0.2) is 332 Å². The normalized spacial score (nSPS) is 12.9. The zero-order valence-electron chi connectivity index (χ0n) is 78.7. The topological polar surface area (TPSA) is 199 Å². The van der Waals surface area contributed by atoms with Gasteiger partial charge in [0, 0.05) is 27.4 Å². The lowest BCUT2D eigenvalue weighted by Gasteiger charge is -2.43. The summed E-state index contributed by atoms with van der Waals surface area (Å²) in [5.74, 6) is 3.33. The lowest BCUT2D eigenvalue weighted by atomic mass is 10.2. The van der Waals surface area contributed by atoms with Crippen LogP contribution in [0, 0.1) is 0 Å². The van der Waals surface area contributed by atoms with Gasteiger partial charge in [-0.1, -0.05) is 273 Å². The van der Waals surface area contributed by atoms with Gasteiger partial charge in [-0.25, -0.2) is 0 Å². The molecule has 0 bridgehead atoms. The van der Waals surface area contributed by atoms with Gasteiger partial charge in [-0.15, -0.1) is 46.1 Å². The number of rotatable bonds is 48. The summed E-state index contributed by atoms with van der Waals surface area (Å²) in [7, 11) is 0.898. The Morgan fingerprint density at radius 3 is 0.992 bits per heavy atom. The van der Waals surface area contributed by atoms with Crippen LogP contribution in [0.25, 0.3) is 0 Å². The minimum Gasteiger partial charge on any atom is -0.497 e. The summed E-state index contributed by atoms with van der Waals surface area (Å²) in [6, 6.07) is 76.0. The summed E-state index contributed by atoms with van der Waals surface area (Å²) < 4.78 is 82.4. The first-order valence-electron chi connectivity index (χ1n) is 42.7. The SMILES string of the molecule is C=CC(COC)OC.C=CC(COCC)OCC.C=CC(COCc1ccc(OC)cc1)OCc1ccc(OC)cc1.C=CC(COCc1ccccc1)OCc1ccccc1.C=CC(COc1ccccc1)Oc1ccccc1.C=CC(O)CO[Si](C)(C)C.C=CC(O)CO[Si](C)(C)C(C)(C)C.C=CC(O)CO[Si](c1ccccc1)(c1ccccc1)C(C)(C)C. The summed E-state index contributed by atoms with van der Waals surface area (Å²) in [6.45, 7) is 64.2. The van der Waals surface area contributed by atoms with Crippen LogP contribution in [-0.4, -0.2) is 184 Å². The molecule has 8 unspecified atom stereocenters. The predicted molar refractivity (Wildman–Crippen MR) is 528 cm³/mol. The minimum atomic E-state index is -2.54. The quantitative estimate of drug-likeness (QED) is 0.0240. The summed E-state index contributed by atoms with van der Waals surface area (Å²) in [5, 5.41) is 30.8. The minimum absolute atomic E-state index is 0.0417. The number of aliphatic hydroxyl groups excluding tert-OH is 3. The number of hydrogen-bond donors (Lipinski definition) is 3. The Bertz CT molecular complexity index is 3990. The molecule has 692 valence electrons. The van der Waals surface area contributed by atoms with Gasteiger partial charge in [0.1, 0.15) is 29.6 Å². The third-order valence-electron chi connectivity index (χ3n) is 18.8. The number of ether oxygens (including phenoxy) is 12. The van der Waals surface area contributed by atoms with E-state index in [2.05, 4.69) is 175 Å². The number of aliphatic hydroxyl groups is 3. The summed E-state index contributed by atoms with van der Waals surface area (Å²) in [5.41, 5.74) is 4.49. The Hall–Kier alpha value is -9.03. The van der Waals surface area contributed by atoms with E-state index in [1.54, 1.807) is 58.8 Å². The molecule has 3 N–H and O–H groups in total. The highest BCUT2D eigenvalue weighted by Gasteiger charge is 2.50. The molecule has 0 aliphatic heterocycles. The van der Waals surface area contributed by atoms with Crippen molar-refractivity contribution in [1.29, 1.82) is 0 Å². The van der Waals surface area contributed by atoms with Crippen LogP contribution in [-0.2, 0) is 77.6 Å². The van der Waals surface area contributed by atoms with E-state index in [9.17, 15) is 10.2 Å². The van der Waals surface area contributed by atoms with Crippen molar-refractivity contribution in [3.63, 3.8) is 0 Å². The van der Waals surface area contributed by atoms with Gasteiger partial charge in [0.2, 0.25) is 0 Å². The van der Waals surface area contributed by atoms with E-state index >= 15 is 0 Å². The maximum Gasteiger partial charge on any atom is 0.261 e. The maximum atomic E-state index is 9.96. The molecule has 0 aliphatic carbocycles. The van der Waals surface area contributed by atoms with Gasteiger partial charge in [0.25, 0.3) is 8.32 Å². The fraction of sp³-hybridized carbons (Fsp3) is 0.390. The zero-order valence-corrected chi connectivity index (χ0v) is 81.7. The van der Waals surface area contributed by atoms with Gasteiger partial charge in [-0.2, -0.15) is 0 Å². The first-order valence-corrected chi connectivity index (χ1v) is 50.9. The van der Waals surface area contributed by atoms with Crippen LogP contribution < -0.4 is 29.3 Å². The molecule has 18 nitrogen and oxygen atoms in total. The lowest BCUT2D eigenvalue weighted by molar-refractivity contribution is -0.00512. The molecule has 0 radical (unpaired) electrons. The highest BCUT2D eigenvalue weighted by molar-refractivity contribution is 6.99. The number of methoxy groups -OCH3 is 4. The lowest BCUT2D eigenvalue weighted by Crippen LogP contribution is -2.67. The van der Waals surface area contributed by atoms with Crippen molar-refractivity contribution in [1.82, 2.24) is 0 Å². The Morgan fingerprint density at radius 2 is 0.659 bits per heavy atom. The van der Waals surface area contributed by atoms with Crippen molar-refractivity contribution < 1.29 is 85.4 Å². The van der Waals surface area contributed by atoms with Crippen molar-refractivity contribution in [2.24, 2.45) is 0 Å². The van der Waals surface area contributed by atoms with Crippen LogP contribution >= 0.6 is 0 Å². The molecule has 8 aromatic carbocycles. The molecule has 0 aliphatic rings. The van der Waals surface area contributed by atoms with Crippen molar-refractivity contribution >= 4 is 35.3 Å². The smallest absolute Gasteiger partial charge is 0.261 e. The van der Waals surface area contributed by atoms with E-state index in [1.807, 2.05) is 196 Å². The van der Waals surface area contributed by atoms with Crippen LogP contribution in [0.2, 0.25) is 42.8 Å². The molecular formula is C105H152O18Si3. The molecule has 0 heterocycles. The van der Waals surface area contributed by atoms with E-state index in [0.29, 0.717) is 79.3 Å². The van der Waals surface area contributed by atoms with Crippen LogP contribution in [0.1, 0.15) is 77.6 Å². The van der Waals surface area contributed by atoms with Gasteiger partial charge >= 0.3 is 0 Å². The second-order valence-electron chi connectivity index (χ2n) is 31.9. The summed E-state index contributed by atoms with van der Waals surface area (Å²) in [6.07, 6.45) is 11.3. The third-order valence-corrected chi connectivity index (χ3v) is 29.4. The highest BCUT2D eigenvalue weighted by Crippen LogP contribution is 2.38. The van der Waals surface area contributed by atoms with Crippen molar-refractivity contribution in [2.75, 3.05) is 94.5 Å². The van der Waals surface area contributed by atoms with E-state index in [4.69, 9.17) is 75.2 Å². The third kappa shape index (κ3) is 51.7. The molecule has 0 fully saturated rings. The molecular weight excluding hydrogens is 1630 g/mol. The Kier molecular flexibility index (Phi) is 62.2. The van der Waals surface area contributed by atoms with Crippen molar-refractivity contribution in [3.05, 3.63) is 354 Å². The molecule has 0 amide bonds. The van der Waals surface area contributed by atoms with Crippen molar-refractivity contribution in [3.8, 4) is 23.0 Å². The van der Waals surface area contributed by atoms with Crippen LogP contribution in [0.3, 0.4) is 0 Å². The van der Waals surface area contributed by atoms with Gasteiger partial charge in [-0.05, 0) is 144 Å². The second-order valence-corrected chi connectivity index (χ2v) is 45.6. The fourth-order valence-electron chi connectivity index (χ4n) is 10.5. The number of hydrogen-bond acceptors (Lipinski definition) is 18. The Balaban J connectivity index is 0.000000739. The van der Waals surface area contributed by atoms with Crippen molar-refractivity contribution in [2.45, 2.75) is 173 Å². The van der Waals surface area contributed by atoms with E-state index in [-0.39, 0.29) is 47.2 Å². The molecule has 8 rings (SSSR count). The van der Waals surface area contributed by atoms with Gasteiger partial charge < -0.3 is 85.4 Å². The zero-order chi connectivity index (χ0) is 93.9. The number of benzene rings is 8. The fourth-order valence-corrected chi connectivity index (χ4v) is 16.8. The predicted octanol–water partition coefficient (Wildman–Crippen LogP) is 21.2. The molecule has 8 aromatic rings. The van der Waals surface area contributed by atoms with Gasteiger partial charge in [0.05, 0.1) is 130 Å². The van der Waals surface area contributed by atoms with Crippen LogP contribution in [0.5, 0.6) is 23.0 Å². The largest absolute Gasteiger partial charge is 0.497 e. The molecule has 0 saturated carbocycles. The first kappa shape index (κ1) is 115. The molecule has 0 saturated heterocycles. The first-order chi connectivity index (χ1) is 60.3. The van der Waals surface area contributed by atoms with E-state index in [0.717, 1.165) is 46.3 Å². The average Bonchev–Trinajstić information content (AvgIpc) is 0.746. The van der Waals surface area contributed by atoms with E-state index < -0.39 is 43.3 Å². The Morgan fingerprint density at radius 1 is 0.317 bits per heavy atom. The number of para-hydroxylation sites is 2. The average molecular weight is 1790 g/mol. The molecule has 21 heteroatoms. The summed E-state index contributed by atoms with van der Waals surface area (Å²) >= 11 is 0. The second kappa shape index (κ2) is 68.2. The molecule has 0 aromatic heterocycles. The van der Waals surface area contributed by atoms with Gasteiger partial charge in [0.15, 0.2) is 22.7 Å². The highest BCUT2D eigenvalue weighted by atomic mass is 28.4. The molecule has 0 spiro atoms. The molecule has 126 heavy (non-hydrogen) atoms. The monoisotopic (exact) mass is 1790 g/mol. The summed E-state index contributed by atoms with van der Waals surface area (Å²) in [4.78, 5) is 0. The van der Waals surface area contributed by atoms with Crippen LogP contribution in [0.4, 0.5) is 0 Å². The standard InChI is InChI=1S/C20H24O4.C20H26O2Si.C18H20O2.C16H16O2.C10H22O2Si.C8H16O2.C7H16O2Si.C6H12O2/c1-4-18(24-14-17-7-11-20(22-3)12-8-17)15-23-13-16-5-9-19(21-2)10-6-16;1-5-17(21)16-22-23(20(2,3)4,18-12-8-6-9-13-18)19-14-10-7-11-15-19;1-2-18(20-14-17-11-7-4-8-12-17)15-19-13-16-9-5-3-6-10-16;1-2-14(18-16-11-7-4-8-12-16)13-17-15-9-5-3-6-10-15;1-7-9(11)8-12-13(5,6)10(2,3)4;1-4-8(10-6-3)7-9-5-2;1-5-7(8)6-9-10(2,3)4;1-4-6(8-3)5-7-2/h4-12,18H,1,13-15H2,2-3H3;5-15,17,21H,1,16H2,2-4H3;2-12,18H,1,13-15H2;2-12,14H,1,13H2;7,9,11H,1,8H2,2-6H3;4,8H,1,5-7H2,2-3H3;5,7-8H,1,6H2,2-4H3;4,6H,1,5H2,2-3H3.